The normalized spacial score (nSPS) is 12.7. The van der Waals surface area contributed by atoms with E-state index in [1.165, 1.54) is 60.3 Å². The SMILES string of the molecule is c1ccc(N(c2ccc(-c3ccc4c5c(c6ccccc6c4c3)-c3c(cc(N(c4ccccc4)c4cccc6c4oc4ccccc46)c4ccccc34)C5(c3ccccc3)c3ccccc3)cc2)c2cccc3c2oc2ccccc23)cc1. The van der Waals surface area contributed by atoms with Crippen molar-refractivity contribution in [2.75, 3.05) is 9.80 Å². The molecule has 14 aromatic carbocycles. The molecule has 0 radical (unpaired) electrons. The van der Waals surface area contributed by atoms with Gasteiger partial charge in [0.1, 0.15) is 11.2 Å². The van der Waals surface area contributed by atoms with Crippen LogP contribution in [0.3, 0.4) is 0 Å². The summed E-state index contributed by atoms with van der Waals surface area (Å²) in [7, 11) is 0. The van der Waals surface area contributed by atoms with E-state index in [0.29, 0.717) is 0 Å². The Labute approximate surface area is 479 Å². The van der Waals surface area contributed by atoms with Gasteiger partial charge in [0.25, 0.3) is 0 Å². The van der Waals surface area contributed by atoms with E-state index in [9.17, 15) is 0 Å². The molecule has 17 rings (SSSR count). The van der Waals surface area contributed by atoms with Crippen LogP contribution < -0.4 is 9.80 Å². The highest BCUT2D eigenvalue weighted by Crippen LogP contribution is 2.63. The molecule has 1 aliphatic rings. The van der Waals surface area contributed by atoms with Crippen LogP contribution in [-0.2, 0) is 5.41 Å². The molecule has 83 heavy (non-hydrogen) atoms. The van der Waals surface area contributed by atoms with E-state index in [2.05, 4.69) is 301 Å². The number of para-hydroxylation sites is 6. The highest BCUT2D eigenvalue weighted by atomic mass is 16.3. The third-order valence-corrected chi connectivity index (χ3v) is 17.5. The molecule has 0 N–H and O–H groups in total. The monoisotopic (exact) mass is 1060 g/mol. The highest BCUT2D eigenvalue weighted by Gasteiger charge is 2.49. The average Bonchev–Trinajstić information content (AvgIpc) is 1.59. The summed E-state index contributed by atoms with van der Waals surface area (Å²) in [5, 5.41) is 11.6. The van der Waals surface area contributed by atoms with Gasteiger partial charge >= 0.3 is 0 Å². The smallest absolute Gasteiger partial charge is 0.159 e. The van der Waals surface area contributed by atoms with Crippen molar-refractivity contribution in [2.24, 2.45) is 0 Å². The van der Waals surface area contributed by atoms with Gasteiger partial charge in [-0.2, -0.15) is 0 Å². The number of fused-ring (bicyclic) bond motifs is 16. The maximum Gasteiger partial charge on any atom is 0.159 e. The minimum atomic E-state index is -0.769. The molecule has 16 aromatic rings. The van der Waals surface area contributed by atoms with Gasteiger partial charge in [0.15, 0.2) is 11.2 Å². The Hall–Kier alpha value is -10.9. The Kier molecular flexibility index (Phi) is 10.5. The second-order valence-corrected chi connectivity index (χ2v) is 21.8. The quantitative estimate of drug-likeness (QED) is 0.135. The third kappa shape index (κ3) is 7.00. The molecule has 0 unspecified atom stereocenters. The van der Waals surface area contributed by atoms with Crippen LogP contribution in [0.25, 0.3) is 98.4 Å². The number of anilines is 6. The molecule has 0 saturated heterocycles. The van der Waals surface area contributed by atoms with Crippen molar-refractivity contribution in [1.82, 2.24) is 0 Å². The lowest BCUT2D eigenvalue weighted by molar-refractivity contribution is 0.668. The largest absolute Gasteiger partial charge is 0.454 e. The summed E-state index contributed by atoms with van der Waals surface area (Å²) in [5.74, 6) is 0. The summed E-state index contributed by atoms with van der Waals surface area (Å²) in [6.45, 7) is 0. The minimum Gasteiger partial charge on any atom is -0.454 e. The molecule has 388 valence electrons. The number of nitrogens with zero attached hydrogens (tertiary/aromatic N) is 2. The molecule has 0 amide bonds. The van der Waals surface area contributed by atoms with Gasteiger partial charge in [0.2, 0.25) is 0 Å². The lowest BCUT2D eigenvalue weighted by Gasteiger charge is -2.36. The molecule has 0 aliphatic heterocycles. The minimum absolute atomic E-state index is 0.769. The predicted octanol–water partition coefficient (Wildman–Crippen LogP) is 21.9. The van der Waals surface area contributed by atoms with Crippen molar-refractivity contribution in [3.8, 4) is 22.3 Å². The van der Waals surface area contributed by atoms with E-state index in [1.807, 2.05) is 12.1 Å². The molecule has 0 bridgehead atoms. The van der Waals surface area contributed by atoms with Gasteiger partial charge in [0, 0.05) is 44.0 Å². The maximum absolute atomic E-state index is 6.91. The summed E-state index contributed by atoms with van der Waals surface area (Å²) in [4.78, 5) is 4.74. The van der Waals surface area contributed by atoms with Crippen LogP contribution in [-0.4, -0.2) is 0 Å². The second-order valence-electron chi connectivity index (χ2n) is 21.8. The van der Waals surface area contributed by atoms with Crippen molar-refractivity contribution in [3.05, 3.63) is 326 Å². The van der Waals surface area contributed by atoms with Crippen LogP contribution in [0, 0.1) is 0 Å². The fourth-order valence-electron chi connectivity index (χ4n) is 14.0. The molecule has 1 aliphatic carbocycles. The Bertz CT molecular complexity index is 5160. The van der Waals surface area contributed by atoms with Gasteiger partial charge in [-0.3, -0.25) is 0 Å². The zero-order chi connectivity index (χ0) is 54.6. The molecule has 4 heteroatoms. The molecule has 2 heterocycles. The first-order valence-corrected chi connectivity index (χ1v) is 28.5. The number of hydrogen-bond acceptors (Lipinski definition) is 4. The van der Waals surface area contributed by atoms with Gasteiger partial charge in [-0.05, 0) is 144 Å². The van der Waals surface area contributed by atoms with Crippen LogP contribution in [0.15, 0.2) is 312 Å². The third-order valence-electron chi connectivity index (χ3n) is 17.5. The van der Waals surface area contributed by atoms with E-state index in [1.54, 1.807) is 0 Å². The van der Waals surface area contributed by atoms with Gasteiger partial charge in [-0.1, -0.05) is 231 Å². The number of hydrogen-bond donors (Lipinski definition) is 0. The highest BCUT2D eigenvalue weighted by molar-refractivity contribution is 6.24. The Balaban J connectivity index is 0.911. The number of benzene rings is 14. The van der Waals surface area contributed by atoms with Gasteiger partial charge in [-0.25, -0.2) is 0 Å². The first-order valence-electron chi connectivity index (χ1n) is 28.5. The van der Waals surface area contributed by atoms with Crippen molar-refractivity contribution in [1.29, 1.82) is 0 Å². The fraction of sp³-hybridized carbons (Fsp3) is 0.0127. The van der Waals surface area contributed by atoms with Crippen LogP contribution in [0.4, 0.5) is 34.1 Å². The Morgan fingerprint density at radius 3 is 1.27 bits per heavy atom. The van der Waals surface area contributed by atoms with Crippen molar-refractivity contribution < 1.29 is 8.83 Å². The number of furan rings is 2. The Morgan fingerprint density at radius 1 is 0.253 bits per heavy atom. The lowest BCUT2D eigenvalue weighted by Crippen LogP contribution is -2.29. The van der Waals surface area contributed by atoms with Gasteiger partial charge < -0.3 is 18.6 Å². The van der Waals surface area contributed by atoms with E-state index in [-0.39, 0.29) is 0 Å². The first-order chi connectivity index (χ1) is 41.2. The van der Waals surface area contributed by atoms with Crippen LogP contribution in [0.1, 0.15) is 22.3 Å². The molecule has 4 nitrogen and oxygen atoms in total. The zero-order valence-electron chi connectivity index (χ0n) is 45.1. The van der Waals surface area contributed by atoms with Crippen molar-refractivity contribution in [2.45, 2.75) is 5.41 Å². The topological polar surface area (TPSA) is 32.8 Å². The summed E-state index contributed by atoms with van der Waals surface area (Å²) < 4.78 is 13.6. The summed E-state index contributed by atoms with van der Waals surface area (Å²) in [5.41, 5.74) is 18.6. The molecular formula is C79H50N2O2. The van der Waals surface area contributed by atoms with Crippen LogP contribution in [0.2, 0.25) is 0 Å². The molecule has 0 fully saturated rings. The molecule has 0 atom stereocenters. The number of rotatable bonds is 9. The van der Waals surface area contributed by atoms with Gasteiger partial charge in [0.05, 0.1) is 22.5 Å². The standard InChI is InChI=1S/C79H50N2O2/c1-5-23-53(24-6-1)79(54-25-7-2-8-26-54)68-50-71(81(56-29-11-4-12-30-56)70-40-22-38-66-61-34-18-20-42-73(61)83-78(66)70)59-32-14-16-36-63(59)74(68)75-62-35-15-13-31-58(62)67-49-52(45-48-64(67)76(75)79)51-43-46-57(47-44-51)80(55-27-9-3-10-28-55)69-39-21-37-65-60-33-17-19-41-72(60)82-77(65)69/h1-50H. The molecule has 0 saturated carbocycles. The van der Waals surface area contributed by atoms with Crippen molar-refractivity contribution in [3.63, 3.8) is 0 Å². The molecular weight excluding hydrogens is 1010 g/mol. The predicted molar refractivity (Wildman–Crippen MR) is 346 cm³/mol. The zero-order valence-corrected chi connectivity index (χ0v) is 45.1. The Morgan fingerprint density at radius 2 is 0.687 bits per heavy atom. The average molecular weight is 1060 g/mol. The van der Waals surface area contributed by atoms with Crippen LogP contribution >= 0.6 is 0 Å². The fourth-order valence-corrected chi connectivity index (χ4v) is 14.0. The molecule has 2 aromatic heterocycles. The summed E-state index contributed by atoms with van der Waals surface area (Å²) >= 11 is 0. The van der Waals surface area contributed by atoms with E-state index < -0.39 is 5.41 Å². The summed E-state index contributed by atoms with van der Waals surface area (Å²) in [6, 6.07) is 110. The van der Waals surface area contributed by atoms with E-state index in [4.69, 9.17) is 8.83 Å². The first kappa shape index (κ1) is 46.9. The van der Waals surface area contributed by atoms with Gasteiger partial charge in [-0.15, -0.1) is 0 Å². The summed E-state index contributed by atoms with van der Waals surface area (Å²) in [6.07, 6.45) is 0. The maximum atomic E-state index is 6.91. The van der Waals surface area contributed by atoms with E-state index in [0.717, 1.165) is 94.5 Å². The van der Waals surface area contributed by atoms with E-state index >= 15 is 0 Å². The van der Waals surface area contributed by atoms with Crippen molar-refractivity contribution >= 4 is 110 Å². The second kappa shape index (κ2) is 18.6. The molecule has 0 spiro atoms. The lowest BCUT2D eigenvalue weighted by atomic mass is 9.66. The van der Waals surface area contributed by atoms with Crippen LogP contribution in [0.5, 0.6) is 0 Å².